The van der Waals surface area contributed by atoms with E-state index in [1.165, 1.54) is 6.92 Å². The van der Waals surface area contributed by atoms with Crippen molar-refractivity contribution in [2.45, 2.75) is 38.0 Å². The van der Waals surface area contributed by atoms with Crippen LogP contribution >= 0.6 is 0 Å². The summed E-state index contributed by atoms with van der Waals surface area (Å²) in [6, 6.07) is 9.17. The molecule has 0 spiro atoms. The van der Waals surface area contributed by atoms with E-state index in [1.54, 1.807) is 6.92 Å². The van der Waals surface area contributed by atoms with Crippen LogP contribution < -0.4 is 5.32 Å². The maximum Gasteiger partial charge on any atom is 0.221 e. The van der Waals surface area contributed by atoms with E-state index in [1.807, 2.05) is 30.3 Å². The molecule has 0 bridgehead atoms. The number of amides is 1. The molecule has 0 aromatic heterocycles. The van der Waals surface area contributed by atoms with Crippen LogP contribution in [0.2, 0.25) is 0 Å². The lowest BCUT2D eigenvalue weighted by atomic mass is 9.89. The topological polar surface area (TPSA) is 63.2 Å². The van der Waals surface area contributed by atoms with E-state index >= 15 is 0 Å². The fraction of sp³-hybridized carbons (Fsp3) is 0.375. The number of rotatable bonds is 4. The molecule has 2 rings (SSSR count). The van der Waals surface area contributed by atoms with Crippen LogP contribution in [-0.2, 0) is 20.4 Å². The van der Waals surface area contributed by atoms with Gasteiger partial charge >= 0.3 is 0 Å². The second-order valence-electron chi connectivity index (χ2n) is 5.22. The average Bonchev–Trinajstić information content (AvgIpc) is 2.46. The summed E-state index contributed by atoms with van der Waals surface area (Å²) >= 11 is 0. The molecule has 1 aliphatic carbocycles. The molecule has 0 saturated carbocycles. The Kier molecular flexibility index (Phi) is 5.07. The molecule has 21 heavy (non-hydrogen) atoms. The van der Waals surface area contributed by atoms with Crippen molar-refractivity contribution >= 4 is 22.5 Å². The molecule has 4 nitrogen and oxygen atoms in total. The van der Waals surface area contributed by atoms with E-state index in [0.29, 0.717) is 25.0 Å². The molecule has 1 amide bonds. The lowest BCUT2D eigenvalue weighted by Gasteiger charge is -2.25. The zero-order valence-corrected chi connectivity index (χ0v) is 13.0. The van der Waals surface area contributed by atoms with Gasteiger partial charge < -0.3 is 5.32 Å². The monoisotopic (exact) mass is 305 g/mol. The van der Waals surface area contributed by atoms with Gasteiger partial charge in [-0.25, -0.2) is 4.21 Å². The molecular weight excluding hydrogens is 286 g/mol. The number of hydrogen-bond donors (Lipinski definition) is 1. The van der Waals surface area contributed by atoms with E-state index < -0.39 is 10.8 Å². The molecule has 2 atom stereocenters. The first kappa shape index (κ1) is 15.6. The molecular formula is C16H19NO3S. The first-order valence-corrected chi connectivity index (χ1v) is 8.11. The van der Waals surface area contributed by atoms with Crippen molar-refractivity contribution in [3.05, 3.63) is 40.9 Å². The van der Waals surface area contributed by atoms with E-state index in [2.05, 4.69) is 5.32 Å². The Balaban J connectivity index is 2.34. The fourth-order valence-corrected chi connectivity index (χ4v) is 3.84. The number of ketones is 1. The van der Waals surface area contributed by atoms with Gasteiger partial charge in [0.25, 0.3) is 0 Å². The van der Waals surface area contributed by atoms with E-state index in [0.717, 1.165) is 9.80 Å². The third-order valence-electron chi connectivity index (χ3n) is 3.59. The molecule has 2 unspecified atom stereocenters. The van der Waals surface area contributed by atoms with Crippen LogP contribution in [0.1, 0.15) is 33.1 Å². The predicted octanol–water partition coefficient (Wildman–Crippen LogP) is 2.53. The van der Waals surface area contributed by atoms with Crippen molar-refractivity contribution in [3.63, 3.8) is 0 Å². The van der Waals surface area contributed by atoms with Gasteiger partial charge in [-0.2, -0.15) is 0 Å². The highest BCUT2D eigenvalue weighted by Crippen LogP contribution is 2.32. The Morgan fingerprint density at radius 2 is 1.86 bits per heavy atom. The van der Waals surface area contributed by atoms with Gasteiger partial charge in [0.05, 0.1) is 10.8 Å². The summed E-state index contributed by atoms with van der Waals surface area (Å²) in [5.74, 6) is -0.178. The predicted molar refractivity (Wildman–Crippen MR) is 81.7 cm³/mol. The number of allylic oxidation sites excluding steroid dienone is 2. The summed E-state index contributed by atoms with van der Waals surface area (Å²) in [7, 11) is -1.29. The van der Waals surface area contributed by atoms with Crippen molar-refractivity contribution in [2.24, 2.45) is 5.92 Å². The molecule has 0 saturated heterocycles. The second kappa shape index (κ2) is 6.80. The Hall–Kier alpha value is -1.75. The van der Waals surface area contributed by atoms with E-state index in [9.17, 15) is 13.8 Å². The summed E-state index contributed by atoms with van der Waals surface area (Å²) in [6.07, 6.45) is 1.72. The highest BCUT2D eigenvalue weighted by molar-refractivity contribution is 7.89. The summed E-state index contributed by atoms with van der Waals surface area (Å²) in [4.78, 5) is 24.4. The van der Waals surface area contributed by atoms with Crippen LogP contribution in [0.4, 0.5) is 0 Å². The number of benzene rings is 1. The fourth-order valence-electron chi connectivity index (χ4n) is 2.49. The van der Waals surface area contributed by atoms with Crippen LogP contribution in [0.25, 0.3) is 0 Å². The largest absolute Gasteiger partial charge is 0.329 e. The summed E-state index contributed by atoms with van der Waals surface area (Å²) < 4.78 is 12.7. The number of carbonyl (C=O) groups excluding carboxylic acids is 2. The Labute approximate surface area is 127 Å². The van der Waals surface area contributed by atoms with Gasteiger partial charge in [0, 0.05) is 28.3 Å². The van der Waals surface area contributed by atoms with Crippen LogP contribution in [0, 0.1) is 5.92 Å². The summed E-state index contributed by atoms with van der Waals surface area (Å²) in [5, 5.41) is 2.76. The molecule has 0 heterocycles. The molecule has 1 N–H and O–H groups in total. The lowest BCUT2D eigenvalue weighted by Crippen LogP contribution is -2.28. The van der Waals surface area contributed by atoms with Gasteiger partial charge in [-0.05, 0) is 38.3 Å². The normalized spacial score (nSPS) is 20.0. The van der Waals surface area contributed by atoms with Gasteiger partial charge in [-0.3, -0.25) is 9.59 Å². The lowest BCUT2D eigenvalue weighted by molar-refractivity contribution is -0.122. The highest BCUT2D eigenvalue weighted by Gasteiger charge is 2.27. The maximum absolute atomic E-state index is 12.7. The first-order chi connectivity index (χ1) is 9.99. The van der Waals surface area contributed by atoms with Crippen LogP contribution in [0.3, 0.4) is 0 Å². The minimum absolute atomic E-state index is 0.0941. The molecule has 112 valence electrons. The highest BCUT2D eigenvalue weighted by atomic mass is 32.2. The Morgan fingerprint density at radius 3 is 2.43 bits per heavy atom. The summed E-state index contributed by atoms with van der Waals surface area (Å²) in [6.45, 7) is 2.99. The number of carbonyl (C=O) groups is 2. The third kappa shape index (κ3) is 3.88. The molecule has 1 aromatic carbocycles. The van der Waals surface area contributed by atoms with Crippen molar-refractivity contribution < 1.29 is 13.8 Å². The van der Waals surface area contributed by atoms with Crippen molar-refractivity contribution in [3.8, 4) is 0 Å². The summed E-state index contributed by atoms with van der Waals surface area (Å²) in [5.41, 5.74) is 0.649. The SMILES string of the molecule is CC(=O)NC1=C(S(=O)c2ccccc2)CCC(C(C)=O)C1. The van der Waals surface area contributed by atoms with Gasteiger partial charge in [0.1, 0.15) is 5.78 Å². The van der Waals surface area contributed by atoms with Gasteiger partial charge in [0.2, 0.25) is 5.91 Å². The quantitative estimate of drug-likeness (QED) is 0.929. The standard InChI is InChI=1S/C16H19NO3S/c1-11(18)13-8-9-16(15(10-13)17-12(2)19)21(20)14-6-4-3-5-7-14/h3-7,13H,8-10H2,1-2H3,(H,17,19). The molecule has 1 aromatic rings. The zero-order chi connectivity index (χ0) is 15.4. The van der Waals surface area contributed by atoms with E-state index in [4.69, 9.17) is 0 Å². The van der Waals surface area contributed by atoms with Crippen molar-refractivity contribution in [2.75, 3.05) is 0 Å². The van der Waals surface area contributed by atoms with Gasteiger partial charge in [-0.15, -0.1) is 0 Å². The third-order valence-corrected chi connectivity index (χ3v) is 5.19. The number of nitrogens with one attached hydrogen (secondary N) is 1. The average molecular weight is 305 g/mol. The first-order valence-electron chi connectivity index (χ1n) is 6.96. The van der Waals surface area contributed by atoms with Crippen LogP contribution in [-0.4, -0.2) is 15.9 Å². The minimum atomic E-state index is -1.29. The smallest absolute Gasteiger partial charge is 0.221 e. The molecule has 5 heteroatoms. The van der Waals surface area contributed by atoms with Crippen LogP contribution in [0.5, 0.6) is 0 Å². The van der Waals surface area contributed by atoms with Gasteiger partial charge in [0.15, 0.2) is 0 Å². The number of Topliss-reactive ketones (excluding diaryl/α,β-unsaturated/α-hetero) is 1. The van der Waals surface area contributed by atoms with Gasteiger partial charge in [-0.1, -0.05) is 18.2 Å². The minimum Gasteiger partial charge on any atom is -0.329 e. The maximum atomic E-state index is 12.7. The molecule has 0 aliphatic heterocycles. The number of hydrogen-bond acceptors (Lipinski definition) is 3. The molecule has 0 fully saturated rings. The molecule has 1 aliphatic rings. The second-order valence-corrected chi connectivity index (χ2v) is 6.72. The Bertz CT molecular complexity index is 607. The Morgan fingerprint density at radius 1 is 1.19 bits per heavy atom. The molecule has 0 radical (unpaired) electrons. The zero-order valence-electron chi connectivity index (χ0n) is 12.2. The van der Waals surface area contributed by atoms with Crippen molar-refractivity contribution in [1.82, 2.24) is 5.32 Å². The van der Waals surface area contributed by atoms with Crippen LogP contribution in [0.15, 0.2) is 45.8 Å². The van der Waals surface area contributed by atoms with Crippen molar-refractivity contribution in [1.29, 1.82) is 0 Å². The van der Waals surface area contributed by atoms with E-state index in [-0.39, 0.29) is 17.6 Å².